The number of hydrogen-bond donors (Lipinski definition) is 0. The van der Waals surface area contributed by atoms with Gasteiger partial charge in [-0.15, -0.1) is 0 Å². The maximum atomic E-state index is 12.6. The highest BCUT2D eigenvalue weighted by Crippen LogP contribution is 2.37. The molecule has 2 rings (SSSR count). The van der Waals surface area contributed by atoms with E-state index in [1.54, 1.807) is 0 Å². The van der Waals surface area contributed by atoms with Gasteiger partial charge in [0.1, 0.15) is 0 Å². The lowest BCUT2D eigenvalue weighted by Crippen LogP contribution is -2.24. The van der Waals surface area contributed by atoms with Crippen LogP contribution >= 0.6 is 0 Å². The van der Waals surface area contributed by atoms with Gasteiger partial charge in [0.15, 0.2) is 0 Å². The van der Waals surface area contributed by atoms with Crippen molar-refractivity contribution in [1.82, 2.24) is 0 Å². The number of halogens is 3. The summed E-state index contributed by atoms with van der Waals surface area (Å²) in [4.78, 5) is 0. The Bertz CT molecular complexity index is 767. The Labute approximate surface area is 153 Å². The molecule has 0 aromatic heterocycles. The van der Waals surface area contributed by atoms with Gasteiger partial charge in [-0.25, -0.2) is 0 Å². The second-order valence-electron chi connectivity index (χ2n) is 8.42. The smallest absolute Gasteiger partial charge is 0.166 e. The Hall–Kier alpha value is -2.17. The summed E-state index contributed by atoms with van der Waals surface area (Å²) in [6.45, 7) is 11.0. The molecule has 26 heavy (non-hydrogen) atoms. The minimum atomic E-state index is -4.34. The standard InChI is InChI=1S/C21H25F3N2/c1-19(2,3)14-20(4,5)16-7-6-8-18(13-16)26-25-17-11-9-15(10-12-17)21(22,23)24/h6-13H,14H2,1-5H3. The van der Waals surface area contributed by atoms with E-state index < -0.39 is 11.7 Å². The highest BCUT2D eigenvalue weighted by Gasteiger charge is 2.30. The number of azo groups is 1. The first kappa shape index (κ1) is 20.1. The zero-order chi connectivity index (χ0) is 19.6. The summed E-state index contributed by atoms with van der Waals surface area (Å²) >= 11 is 0. The fourth-order valence-electron chi connectivity index (χ4n) is 3.25. The second-order valence-corrected chi connectivity index (χ2v) is 8.42. The van der Waals surface area contributed by atoms with Crippen LogP contribution in [-0.4, -0.2) is 0 Å². The summed E-state index contributed by atoms with van der Waals surface area (Å²) in [5.41, 5.74) is 1.72. The van der Waals surface area contributed by atoms with E-state index in [-0.39, 0.29) is 10.8 Å². The van der Waals surface area contributed by atoms with E-state index in [1.165, 1.54) is 12.1 Å². The molecule has 2 aromatic carbocycles. The van der Waals surface area contributed by atoms with E-state index in [4.69, 9.17) is 0 Å². The van der Waals surface area contributed by atoms with Crippen LogP contribution in [0.4, 0.5) is 24.5 Å². The molecular weight excluding hydrogens is 337 g/mol. The molecule has 140 valence electrons. The normalized spacial score (nSPS) is 13.4. The van der Waals surface area contributed by atoms with Crippen molar-refractivity contribution in [3.8, 4) is 0 Å². The lowest BCUT2D eigenvalue weighted by molar-refractivity contribution is -0.137. The van der Waals surface area contributed by atoms with Crippen molar-refractivity contribution in [3.05, 3.63) is 59.7 Å². The van der Waals surface area contributed by atoms with E-state index in [1.807, 2.05) is 18.2 Å². The maximum absolute atomic E-state index is 12.6. The molecule has 0 atom stereocenters. The molecule has 0 N–H and O–H groups in total. The first-order valence-corrected chi connectivity index (χ1v) is 8.56. The Kier molecular flexibility index (Phi) is 5.59. The molecule has 2 nitrogen and oxygen atoms in total. The summed E-state index contributed by atoms with van der Waals surface area (Å²) in [6.07, 6.45) is -3.33. The SMILES string of the molecule is CC(C)(C)CC(C)(C)c1cccc(N=Nc2ccc(C(F)(F)F)cc2)c1. The molecule has 0 saturated carbocycles. The van der Waals surface area contributed by atoms with Gasteiger partial charge in [-0.1, -0.05) is 46.8 Å². The molecule has 0 aliphatic heterocycles. The largest absolute Gasteiger partial charge is 0.416 e. The van der Waals surface area contributed by atoms with Crippen molar-refractivity contribution in [2.24, 2.45) is 15.6 Å². The topological polar surface area (TPSA) is 24.7 Å². The van der Waals surface area contributed by atoms with Gasteiger partial charge in [-0.3, -0.25) is 0 Å². The Morgan fingerprint density at radius 1 is 0.731 bits per heavy atom. The molecule has 0 amide bonds. The summed E-state index contributed by atoms with van der Waals surface area (Å²) in [5.74, 6) is 0. The van der Waals surface area contributed by atoms with Gasteiger partial charge < -0.3 is 0 Å². The summed E-state index contributed by atoms with van der Waals surface area (Å²) < 4.78 is 37.8. The molecular formula is C21H25F3N2. The monoisotopic (exact) mass is 362 g/mol. The highest BCUT2D eigenvalue weighted by molar-refractivity contribution is 5.44. The van der Waals surface area contributed by atoms with Crippen LogP contribution in [0.5, 0.6) is 0 Å². The number of benzene rings is 2. The summed E-state index contributed by atoms with van der Waals surface area (Å²) in [5, 5.41) is 8.24. The average molecular weight is 362 g/mol. The average Bonchev–Trinajstić information content (AvgIpc) is 2.50. The molecule has 0 radical (unpaired) electrons. The zero-order valence-electron chi connectivity index (χ0n) is 15.9. The van der Waals surface area contributed by atoms with E-state index in [0.717, 1.165) is 24.1 Å². The van der Waals surface area contributed by atoms with Crippen molar-refractivity contribution < 1.29 is 13.2 Å². The van der Waals surface area contributed by atoms with E-state index >= 15 is 0 Å². The molecule has 0 heterocycles. The molecule has 2 aromatic rings. The number of hydrogen-bond acceptors (Lipinski definition) is 2. The van der Waals surface area contributed by atoms with Crippen LogP contribution in [0.1, 0.15) is 52.2 Å². The molecule has 5 heteroatoms. The van der Waals surface area contributed by atoms with E-state index in [2.05, 4.69) is 50.9 Å². The Balaban J connectivity index is 2.19. The van der Waals surface area contributed by atoms with Crippen LogP contribution in [0.15, 0.2) is 58.8 Å². The first-order valence-electron chi connectivity index (χ1n) is 8.56. The summed E-state index contributed by atoms with van der Waals surface area (Å²) in [6, 6.07) is 12.5. The molecule has 0 aliphatic rings. The molecule has 0 saturated heterocycles. The molecule has 0 aliphatic carbocycles. The van der Waals surface area contributed by atoms with Crippen LogP contribution in [0.3, 0.4) is 0 Å². The molecule has 0 unspecified atom stereocenters. The molecule has 0 fully saturated rings. The van der Waals surface area contributed by atoms with Crippen LogP contribution in [0.2, 0.25) is 0 Å². The van der Waals surface area contributed by atoms with Gasteiger partial charge >= 0.3 is 6.18 Å². The van der Waals surface area contributed by atoms with Gasteiger partial charge in [0.2, 0.25) is 0 Å². The fraction of sp³-hybridized carbons (Fsp3) is 0.429. The van der Waals surface area contributed by atoms with E-state index in [9.17, 15) is 13.2 Å². The zero-order valence-corrected chi connectivity index (χ0v) is 15.9. The maximum Gasteiger partial charge on any atom is 0.416 e. The van der Waals surface area contributed by atoms with Crippen molar-refractivity contribution in [1.29, 1.82) is 0 Å². The van der Waals surface area contributed by atoms with Gasteiger partial charge in [0.05, 0.1) is 16.9 Å². The predicted octanol–water partition coefficient (Wildman–Crippen LogP) is 7.83. The van der Waals surface area contributed by atoms with Crippen molar-refractivity contribution in [2.45, 2.75) is 52.6 Å². The number of rotatable bonds is 4. The predicted molar refractivity (Wildman–Crippen MR) is 99.2 cm³/mol. The van der Waals surface area contributed by atoms with E-state index in [0.29, 0.717) is 11.4 Å². The van der Waals surface area contributed by atoms with Gasteiger partial charge in [-0.05, 0) is 59.2 Å². The third kappa shape index (κ3) is 5.68. The molecule has 0 bridgehead atoms. The van der Waals surface area contributed by atoms with Crippen LogP contribution < -0.4 is 0 Å². The summed E-state index contributed by atoms with van der Waals surface area (Å²) in [7, 11) is 0. The Morgan fingerprint density at radius 2 is 1.31 bits per heavy atom. The van der Waals surface area contributed by atoms with Crippen LogP contribution in [0.25, 0.3) is 0 Å². The van der Waals surface area contributed by atoms with Crippen molar-refractivity contribution in [3.63, 3.8) is 0 Å². The van der Waals surface area contributed by atoms with Crippen molar-refractivity contribution >= 4 is 11.4 Å². The van der Waals surface area contributed by atoms with Crippen LogP contribution in [0, 0.1) is 5.41 Å². The highest BCUT2D eigenvalue weighted by atomic mass is 19.4. The third-order valence-electron chi connectivity index (χ3n) is 4.08. The van der Waals surface area contributed by atoms with Crippen molar-refractivity contribution in [2.75, 3.05) is 0 Å². The fourth-order valence-corrected chi connectivity index (χ4v) is 3.25. The first-order chi connectivity index (χ1) is 11.9. The minimum absolute atomic E-state index is 0.0157. The quantitative estimate of drug-likeness (QED) is 0.495. The number of nitrogens with zero attached hydrogens (tertiary/aromatic N) is 2. The number of alkyl halides is 3. The van der Waals surface area contributed by atoms with Crippen LogP contribution in [-0.2, 0) is 11.6 Å². The lowest BCUT2D eigenvalue weighted by atomic mass is 9.72. The van der Waals surface area contributed by atoms with Gasteiger partial charge in [0, 0.05) is 0 Å². The Morgan fingerprint density at radius 3 is 1.85 bits per heavy atom. The lowest BCUT2D eigenvalue weighted by Gasteiger charge is -2.33. The molecule has 0 spiro atoms. The van der Waals surface area contributed by atoms with Gasteiger partial charge in [-0.2, -0.15) is 23.4 Å². The van der Waals surface area contributed by atoms with Gasteiger partial charge in [0.25, 0.3) is 0 Å². The minimum Gasteiger partial charge on any atom is -0.166 e. The third-order valence-corrected chi connectivity index (χ3v) is 4.08. The second kappa shape index (κ2) is 7.22.